The molecule has 17 heavy (non-hydrogen) atoms. The Balaban J connectivity index is 2.03. The average Bonchev–Trinajstić information content (AvgIpc) is 2.30. The van der Waals surface area contributed by atoms with E-state index in [-0.39, 0.29) is 11.9 Å². The number of nitrogens with one attached hydrogen (secondary N) is 2. The molecule has 1 heterocycles. The van der Waals surface area contributed by atoms with Crippen LogP contribution >= 0.6 is 31.9 Å². The van der Waals surface area contributed by atoms with Gasteiger partial charge in [0, 0.05) is 21.5 Å². The number of benzene rings is 1. The van der Waals surface area contributed by atoms with Crippen molar-refractivity contribution in [3.05, 3.63) is 32.7 Å². The van der Waals surface area contributed by atoms with Gasteiger partial charge in [-0.15, -0.1) is 0 Å². The smallest absolute Gasteiger partial charge is 0.252 e. The van der Waals surface area contributed by atoms with Gasteiger partial charge in [-0.05, 0) is 53.5 Å². The summed E-state index contributed by atoms with van der Waals surface area (Å²) in [4.78, 5) is 12.1. The molecule has 0 aliphatic carbocycles. The standard InChI is InChI=1S/C12H14Br2N2O/c13-8-3-4-10(11(14)6-8)12(17)16-9-2-1-5-15-7-9/h3-4,6,9,15H,1-2,5,7H2,(H,16,17). The lowest BCUT2D eigenvalue weighted by molar-refractivity contribution is 0.0930. The molecule has 0 saturated carbocycles. The van der Waals surface area contributed by atoms with Crippen molar-refractivity contribution in [3.8, 4) is 0 Å². The molecular weight excluding hydrogens is 348 g/mol. The van der Waals surface area contributed by atoms with Gasteiger partial charge in [0.15, 0.2) is 0 Å². The van der Waals surface area contributed by atoms with Crippen molar-refractivity contribution in [1.29, 1.82) is 0 Å². The molecule has 92 valence electrons. The highest BCUT2D eigenvalue weighted by Crippen LogP contribution is 2.22. The lowest BCUT2D eigenvalue weighted by atomic mass is 10.1. The SMILES string of the molecule is O=C(NC1CCCNC1)c1ccc(Br)cc1Br. The molecule has 3 nitrogen and oxygen atoms in total. The van der Waals surface area contributed by atoms with E-state index in [0.717, 1.165) is 34.9 Å². The predicted octanol–water partition coefficient (Wildman–Crippen LogP) is 2.69. The van der Waals surface area contributed by atoms with Gasteiger partial charge in [0.05, 0.1) is 5.56 Å². The van der Waals surface area contributed by atoms with E-state index in [1.807, 2.05) is 18.2 Å². The molecule has 1 atom stereocenters. The van der Waals surface area contributed by atoms with Crippen molar-refractivity contribution in [1.82, 2.24) is 10.6 Å². The Bertz CT molecular complexity index is 417. The highest BCUT2D eigenvalue weighted by Gasteiger charge is 2.17. The lowest BCUT2D eigenvalue weighted by Gasteiger charge is -2.24. The molecule has 2 rings (SSSR count). The number of hydrogen-bond acceptors (Lipinski definition) is 2. The van der Waals surface area contributed by atoms with Crippen LogP contribution in [0.15, 0.2) is 27.1 Å². The van der Waals surface area contributed by atoms with Crippen molar-refractivity contribution in [2.75, 3.05) is 13.1 Å². The first-order valence-electron chi connectivity index (χ1n) is 5.63. The highest BCUT2D eigenvalue weighted by atomic mass is 79.9. The Hall–Kier alpha value is -0.390. The van der Waals surface area contributed by atoms with Gasteiger partial charge in [-0.1, -0.05) is 15.9 Å². The maximum absolute atomic E-state index is 12.1. The molecule has 0 radical (unpaired) electrons. The minimum Gasteiger partial charge on any atom is -0.348 e. The van der Waals surface area contributed by atoms with Gasteiger partial charge in [0.1, 0.15) is 0 Å². The van der Waals surface area contributed by atoms with E-state index < -0.39 is 0 Å². The second-order valence-corrected chi connectivity index (χ2v) is 5.91. The summed E-state index contributed by atoms with van der Waals surface area (Å²) in [5, 5.41) is 6.33. The van der Waals surface area contributed by atoms with Crippen molar-refractivity contribution in [3.63, 3.8) is 0 Å². The maximum atomic E-state index is 12.1. The van der Waals surface area contributed by atoms with E-state index in [0.29, 0.717) is 5.56 Å². The van der Waals surface area contributed by atoms with Gasteiger partial charge in [-0.2, -0.15) is 0 Å². The zero-order valence-electron chi connectivity index (χ0n) is 9.30. The van der Waals surface area contributed by atoms with Crippen LogP contribution < -0.4 is 10.6 Å². The van der Waals surface area contributed by atoms with Gasteiger partial charge in [-0.25, -0.2) is 0 Å². The third kappa shape index (κ3) is 3.53. The second-order valence-electron chi connectivity index (χ2n) is 4.14. The third-order valence-electron chi connectivity index (χ3n) is 2.81. The minimum absolute atomic E-state index is 0.0157. The normalized spacial score (nSPS) is 20.0. The molecule has 1 unspecified atom stereocenters. The first-order valence-corrected chi connectivity index (χ1v) is 7.22. The van der Waals surface area contributed by atoms with Gasteiger partial charge < -0.3 is 10.6 Å². The zero-order valence-corrected chi connectivity index (χ0v) is 12.5. The maximum Gasteiger partial charge on any atom is 0.252 e. The fraction of sp³-hybridized carbons (Fsp3) is 0.417. The van der Waals surface area contributed by atoms with E-state index in [1.54, 1.807) is 0 Å². The molecule has 5 heteroatoms. The topological polar surface area (TPSA) is 41.1 Å². The number of piperidine rings is 1. The van der Waals surface area contributed by atoms with Crippen LogP contribution in [0, 0.1) is 0 Å². The van der Waals surface area contributed by atoms with E-state index >= 15 is 0 Å². The van der Waals surface area contributed by atoms with Crippen LogP contribution in [0.2, 0.25) is 0 Å². The Labute approximate surface area is 118 Å². The summed E-state index contributed by atoms with van der Waals surface area (Å²) >= 11 is 6.78. The van der Waals surface area contributed by atoms with Gasteiger partial charge >= 0.3 is 0 Å². The molecule has 1 amide bonds. The van der Waals surface area contributed by atoms with Crippen LogP contribution in [0.3, 0.4) is 0 Å². The molecule has 2 N–H and O–H groups in total. The molecule has 0 bridgehead atoms. The molecule has 1 aliphatic rings. The lowest BCUT2D eigenvalue weighted by Crippen LogP contribution is -2.45. The van der Waals surface area contributed by atoms with Gasteiger partial charge in [0.2, 0.25) is 0 Å². The number of hydrogen-bond donors (Lipinski definition) is 2. The summed E-state index contributed by atoms with van der Waals surface area (Å²) in [5.41, 5.74) is 0.679. The molecule has 1 aromatic rings. The summed E-state index contributed by atoms with van der Waals surface area (Å²) in [6.07, 6.45) is 2.17. The molecular formula is C12H14Br2N2O. The second kappa shape index (κ2) is 5.98. The monoisotopic (exact) mass is 360 g/mol. The molecule has 1 saturated heterocycles. The van der Waals surface area contributed by atoms with Crippen molar-refractivity contribution in [2.45, 2.75) is 18.9 Å². The van der Waals surface area contributed by atoms with Crippen LogP contribution in [0.4, 0.5) is 0 Å². The third-order valence-corrected chi connectivity index (χ3v) is 3.96. The Morgan fingerprint density at radius 1 is 1.41 bits per heavy atom. The predicted molar refractivity (Wildman–Crippen MR) is 75.2 cm³/mol. The zero-order chi connectivity index (χ0) is 12.3. The number of carbonyl (C=O) groups is 1. The Morgan fingerprint density at radius 2 is 2.24 bits per heavy atom. The van der Waals surface area contributed by atoms with Crippen LogP contribution in [-0.2, 0) is 0 Å². The largest absolute Gasteiger partial charge is 0.348 e. The quantitative estimate of drug-likeness (QED) is 0.850. The van der Waals surface area contributed by atoms with Gasteiger partial charge in [-0.3, -0.25) is 4.79 Å². The van der Waals surface area contributed by atoms with Crippen molar-refractivity contribution in [2.24, 2.45) is 0 Å². The van der Waals surface area contributed by atoms with Crippen LogP contribution in [0.5, 0.6) is 0 Å². The van der Waals surface area contributed by atoms with Crippen molar-refractivity contribution < 1.29 is 4.79 Å². The fourth-order valence-electron chi connectivity index (χ4n) is 1.91. The summed E-state index contributed by atoms with van der Waals surface area (Å²) in [6, 6.07) is 5.82. The van der Waals surface area contributed by atoms with E-state index in [1.165, 1.54) is 0 Å². The van der Waals surface area contributed by atoms with E-state index in [2.05, 4.69) is 42.5 Å². The first-order chi connectivity index (χ1) is 8.16. The summed E-state index contributed by atoms with van der Waals surface area (Å²) in [6.45, 7) is 1.91. The van der Waals surface area contributed by atoms with Crippen LogP contribution in [0.1, 0.15) is 23.2 Å². The number of rotatable bonds is 2. The van der Waals surface area contributed by atoms with E-state index in [9.17, 15) is 4.79 Å². The van der Waals surface area contributed by atoms with Crippen LogP contribution in [-0.4, -0.2) is 25.0 Å². The molecule has 1 aliphatic heterocycles. The van der Waals surface area contributed by atoms with Crippen molar-refractivity contribution >= 4 is 37.8 Å². The van der Waals surface area contributed by atoms with Gasteiger partial charge in [0.25, 0.3) is 5.91 Å². The molecule has 1 aromatic carbocycles. The number of halogens is 2. The van der Waals surface area contributed by atoms with E-state index in [4.69, 9.17) is 0 Å². The highest BCUT2D eigenvalue weighted by molar-refractivity contribution is 9.11. The molecule has 0 aromatic heterocycles. The minimum atomic E-state index is -0.0157. The number of amides is 1. The first kappa shape index (κ1) is 13.1. The Morgan fingerprint density at radius 3 is 2.88 bits per heavy atom. The average molecular weight is 362 g/mol. The summed E-state index contributed by atoms with van der Waals surface area (Å²) in [5.74, 6) is -0.0157. The fourth-order valence-corrected chi connectivity index (χ4v) is 3.14. The molecule has 1 fully saturated rings. The Kier molecular flexibility index (Phi) is 4.59. The van der Waals surface area contributed by atoms with Crippen LogP contribution in [0.25, 0.3) is 0 Å². The number of carbonyl (C=O) groups excluding carboxylic acids is 1. The molecule has 0 spiro atoms. The summed E-state index contributed by atoms with van der Waals surface area (Å²) < 4.78 is 1.77. The summed E-state index contributed by atoms with van der Waals surface area (Å²) in [7, 11) is 0.